The molecule has 0 amide bonds. The molecule has 0 bridgehead atoms. The first-order chi connectivity index (χ1) is 9.60. The number of rotatable bonds is 5. The van der Waals surface area contributed by atoms with Gasteiger partial charge in [0, 0.05) is 11.0 Å². The quantitative estimate of drug-likeness (QED) is 0.717. The van der Waals surface area contributed by atoms with E-state index in [2.05, 4.69) is 21.2 Å². The Bertz CT molecular complexity index is 564. The fourth-order valence-corrected chi connectivity index (χ4v) is 3.11. The maximum atomic E-state index is 6.17. The summed E-state index contributed by atoms with van der Waals surface area (Å²) in [6, 6.07) is 11.6. The van der Waals surface area contributed by atoms with E-state index in [1.807, 2.05) is 43.3 Å². The van der Waals surface area contributed by atoms with Crippen molar-refractivity contribution in [2.45, 2.75) is 13.5 Å². The van der Waals surface area contributed by atoms with Gasteiger partial charge in [-0.15, -0.1) is 0 Å². The van der Waals surface area contributed by atoms with Crippen molar-refractivity contribution < 1.29 is 4.74 Å². The first kappa shape index (κ1) is 15.5. The Morgan fingerprint density at radius 1 is 1.10 bits per heavy atom. The molecule has 0 unspecified atom stereocenters. The molecule has 2 aromatic rings. The van der Waals surface area contributed by atoms with E-state index in [0.717, 1.165) is 21.5 Å². The summed E-state index contributed by atoms with van der Waals surface area (Å²) in [5.74, 6) is 0.871. The summed E-state index contributed by atoms with van der Waals surface area (Å²) in [4.78, 5) is 0. The Morgan fingerprint density at radius 3 is 2.25 bits per heavy atom. The number of hydrogen-bond donors (Lipinski definition) is 1. The minimum atomic E-state index is 0.593. The molecule has 1 N–H and O–H groups in total. The summed E-state index contributed by atoms with van der Waals surface area (Å²) in [6.45, 7) is 3.28. The van der Waals surface area contributed by atoms with Gasteiger partial charge in [0.15, 0.2) is 0 Å². The zero-order chi connectivity index (χ0) is 14.5. The molecule has 5 heteroatoms. The molecule has 0 aliphatic heterocycles. The highest BCUT2D eigenvalue weighted by Crippen LogP contribution is 2.34. The highest BCUT2D eigenvalue weighted by Gasteiger charge is 2.07. The predicted octanol–water partition coefficient (Wildman–Crippen LogP) is 5.77. The topological polar surface area (TPSA) is 21.3 Å². The predicted molar refractivity (Wildman–Crippen MR) is 89.1 cm³/mol. The van der Waals surface area contributed by atoms with Crippen LogP contribution in [0.4, 0.5) is 5.69 Å². The zero-order valence-corrected chi connectivity index (χ0v) is 14.0. The van der Waals surface area contributed by atoms with E-state index < -0.39 is 0 Å². The minimum absolute atomic E-state index is 0.593. The van der Waals surface area contributed by atoms with Crippen molar-refractivity contribution in [2.24, 2.45) is 0 Å². The van der Waals surface area contributed by atoms with Crippen LogP contribution in [0.1, 0.15) is 12.5 Å². The van der Waals surface area contributed by atoms with Crippen LogP contribution < -0.4 is 10.1 Å². The Morgan fingerprint density at radius 2 is 1.70 bits per heavy atom. The molecule has 0 saturated carbocycles. The lowest BCUT2D eigenvalue weighted by Gasteiger charge is -2.11. The van der Waals surface area contributed by atoms with Crippen molar-refractivity contribution in [1.29, 1.82) is 0 Å². The highest BCUT2D eigenvalue weighted by molar-refractivity contribution is 9.10. The van der Waals surface area contributed by atoms with Gasteiger partial charge in [0.1, 0.15) is 5.75 Å². The lowest BCUT2D eigenvalue weighted by Crippen LogP contribution is -2.01. The third-order valence-electron chi connectivity index (χ3n) is 2.71. The Labute approximate surface area is 137 Å². The van der Waals surface area contributed by atoms with Crippen molar-refractivity contribution in [3.8, 4) is 5.75 Å². The van der Waals surface area contributed by atoms with Crippen molar-refractivity contribution >= 4 is 44.8 Å². The van der Waals surface area contributed by atoms with Gasteiger partial charge in [-0.25, -0.2) is 0 Å². The van der Waals surface area contributed by atoms with Gasteiger partial charge >= 0.3 is 0 Å². The van der Waals surface area contributed by atoms with Crippen molar-refractivity contribution in [3.05, 3.63) is 56.5 Å². The molecule has 20 heavy (non-hydrogen) atoms. The molecule has 0 radical (unpaired) electrons. The van der Waals surface area contributed by atoms with Crippen LogP contribution >= 0.6 is 39.1 Å². The largest absolute Gasteiger partial charge is 0.494 e. The van der Waals surface area contributed by atoms with Gasteiger partial charge in [-0.05, 0) is 36.8 Å². The lowest BCUT2D eigenvalue weighted by atomic mass is 10.2. The summed E-state index contributed by atoms with van der Waals surface area (Å²) in [5, 5.41) is 4.44. The summed E-state index contributed by atoms with van der Waals surface area (Å²) < 4.78 is 6.27. The third kappa shape index (κ3) is 4.05. The Hall–Kier alpha value is -0.900. The normalized spacial score (nSPS) is 10.4. The second-order valence-corrected chi connectivity index (χ2v) is 5.91. The van der Waals surface area contributed by atoms with Gasteiger partial charge in [-0.1, -0.05) is 51.3 Å². The van der Waals surface area contributed by atoms with Crippen LogP contribution in [0.25, 0.3) is 0 Å². The van der Waals surface area contributed by atoms with Crippen molar-refractivity contribution in [3.63, 3.8) is 0 Å². The van der Waals surface area contributed by atoms with Gasteiger partial charge in [-0.3, -0.25) is 0 Å². The maximum absolute atomic E-state index is 6.17. The summed E-state index contributed by atoms with van der Waals surface area (Å²) in [6.07, 6.45) is 0. The summed E-state index contributed by atoms with van der Waals surface area (Å²) in [7, 11) is 0. The van der Waals surface area contributed by atoms with Crippen LogP contribution in [0.2, 0.25) is 10.0 Å². The molecule has 0 spiro atoms. The maximum Gasteiger partial charge on any atom is 0.119 e. The van der Waals surface area contributed by atoms with Crippen LogP contribution in [0.5, 0.6) is 5.75 Å². The molecule has 2 rings (SSSR count). The Balaban J connectivity index is 2.05. The van der Waals surface area contributed by atoms with E-state index in [1.54, 1.807) is 0 Å². The number of nitrogens with one attached hydrogen (secondary N) is 1. The van der Waals surface area contributed by atoms with Crippen LogP contribution in [0, 0.1) is 0 Å². The zero-order valence-electron chi connectivity index (χ0n) is 10.9. The second kappa shape index (κ2) is 7.21. The first-order valence-corrected chi connectivity index (χ1v) is 7.75. The average molecular weight is 375 g/mol. The van der Waals surface area contributed by atoms with Crippen molar-refractivity contribution in [1.82, 2.24) is 0 Å². The highest BCUT2D eigenvalue weighted by atomic mass is 79.9. The second-order valence-electron chi connectivity index (χ2n) is 4.17. The fraction of sp³-hybridized carbons (Fsp3) is 0.200. The molecular formula is C15H14BrCl2NO. The molecule has 0 atom stereocenters. The number of ether oxygens (including phenoxy) is 1. The van der Waals surface area contributed by atoms with E-state index in [0.29, 0.717) is 23.2 Å². The van der Waals surface area contributed by atoms with Crippen LogP contribution in [-0.4, -0.2) is 6.61 Å². The molecule has 0 saturated heterocycles. The third-order valence-corrected chi connectivity index (χ3v) is 3.76. The molecule has 2 nitrogen and oxygen atoms in total. The molecule has 2 aromatic carbocycles. The van der Waals surface area contributed by atoms with Crippen LogP contribution in [0.15, 0.2) is 40.9 Å². The van der Waals surface area contributed by atoms with Gasteiger partial charge in [0.25, 0.3) is 0 Å². The molecule has 106 valence electrons. The van der Waals surface area contributed by atoms with Gasteiger partial charge in [-0.2, -0.15) is 0 Å². The van der Waals surface area contributed by atoms with Crippen LogP contribution in [-0.2, 0) is 6.54 Å². The molecule has 0 fully saturated rings. The van der Waals surface area contributed by atoms with E-state index in [9.17, 15) is 0 Å². The van der Waals surface area contributed by atoms with E-state index in [-0.39, 0.29) is 0 Å². The number of hydrogen-bond acceptors (Lipinski definition) is 2. The number of benzene rings is 2. The van der Waals surface area contributed by atoms with Gasteiger partial charge in [0.2, 0.25) is 0 Å². The Kier molecular flexibility index (Phi) is 5.58. The standard InChI is InChI=1S/C15H14BrCl2NO/c1-2-20-12-5-3-10(4-6-12)9-19-15-13(17)7-11(16)8-14(15)18/h3-8,19H,2,9H2,1H3. The number of anilines is 1. The van der Waals surface area contributed by atoms with Gasteiger partial charge in [0.05, 0.1) is 22.3 Å². The minimum Gasteiger partial charge on any atom is -0.494 e. The molecule has 0 heterocycles. The molecule has 0 aromatic heterocycles. The van der Waals surface area contributed by atoms with E-state index in [1.165, 1.54) is 0 Å². The van der Waals surface area contributed by atoms with E-state index in [4.69, 9.17) is 27.9 Å². The van der Waals surface area contributed by atoms with Crippen molar-refractivity contribution in [2.75, 3.05) is 11.9 Å². The summed E-state index contributed by atoms with van der Waals surface area (Å²) >= 11 is 15.7. The smallest absolute Gasteiger partial charge is 0.119 e. The first-order valence-electron chi connectivity index (χ1n) is 6.20. The van der Waals surface area contributed by atoms with E-state index >= 15 is 0 Å². The lowest BCUT2D eigenvalue weighted by molar-refractivity contribution is 0.340. The molecule has 0 aliphatic carbocycles. The average Bonchev–Trinajstić information content (AvgIpc) is 2.39. The molecular weight excluding hydrogens is 361 g/mol. The fourth-order valence-electron chi connectivity index (χ4n) is 1.77. The van der Waals surface area contributed by atoms with Crippen LogP contribution in [0.3, 0.4) is 0 Å². The molecule has 0 aliphatic rings. The monoisotopic (exact) mass is 373 g/mol. The van der Waals surface area contributed by atoms with Gasteiger partial charge < -0.3 is 10.1 Å². The summed E-state index contributed by atoms with van der Waals surface area (Å²) in [5.41, 5.74) is 1.87. The SMILES string of the molecule is CCOc1ccc(CNc2c(Cl)cc(Br)cc2Cl)cc1. The number of halogens is 3.